The molecule has 0 spiro atoms. The second-order valence-corrected chi connectivity index (χ2v) is 9.23. The van der Waals surface area contributed by atoms with Crippen molar-refractivity contribution < 1.29 is 31.5 Å². The molecule has 33 heavy (non-hydrogen) atoms. The van der Waals surface area contributed by atoms with Crippen LogP contribution in [0.3, 0.4) is 0 Å². The van der Waals surface area contributed by atoms with Crippen LogP contribution in [-0.4, -0.2) is 58.1 Å². The average molecular weight is 484 g/mol. The lowest BCUT2D eigenvalue weighted by molar-refractivity contribution is -0.0436. The highest BCUT2D eigenvalue weighted by Crippen LogP contribution is 2.31. The molecule has 0 fully saturated rings. The van der Waals surface area contributed by atoms with Crippen molar-refractivity contribution in [3.8, 4) is 11.6 Å². The molecule has 3 aromatic rings. The van der Waals surface area contributed by atoms with E-state index in [0.717, 1.165) is 16.7 Å². The van der Waals surface area contributed by atoms with E-state index in [-0.39, 0.29) is 29.4 Å². The number of alkyl halides is 3. The number of hydrogen-bond donors (Lipinski definition) is 1. The van der Waals surface area contributed by atoms with Crippen molar-refractivity contribution in [3.63, 3.8) is 0 Å². The maximum atomic E-state index is 13.0. The molecule has 0 saturated carbocycles. The molecule has 0 unspecified atom stereocenters. The molecule has 1 aromatic carbocycles. The predicted octanol–water partition coefficient (Wildman–Crippen LogP) is 2.09. The fourth-order valence-electron chi connectivity index (χ4n) is 3.13. The number of nitrogens with zero attached hydrogens (tertiary/aromatic N) is 4. The molecule has 0 bridgehead atoms. The number of sulfone groups is 1. The quantitative estimate of drug-likeness (QED) is 0.593. The van der Waals surface area contributed by atoms with Gasteiger partial charge in [-0.3, -0.25) is 14.3 Å². The molecular formula is C20H19F3N4O5S. The standard InChI is InChI=1S/C20H19F3N4O5S/c1-12-17(28)27(14-4-6-15(7-5-14)33(31,32)20(21,22)23)19(30)26(12)11-13-8-9-24-10-16(13)18(29)25(2)3/h4-10,28H,11H2,1-3H3. The first kappa shape index (κ1) is 24.0. The number of carbonyl (C=O) groups is 1. The van der Waals surface area contributed by atoms with Gasteiger partial charge in [-0.05, 0) is 42.8 Å². The summed E-state index contributed by atoms with van der Waals surface area (Å²) in [6.45, 7) is 1.35. The Hall–Kier alpha value is -3.61. The van der Waals surface area contributed by atoms with Crippen LogP contribution in [0.2, 0.25) is 0 Å². The fourth-order valence-corrected chi connectivity index (χ4v) is 3.89. The average Bonchev–Trinajstić information content (AvgIpc) is 2.96. The molecule has 13 heteroatoms. The Morgan fingerprint density at radius 1 is 1.15 bits per heavy atom. The van der Waals surface area contributed by atoms with Crippen molar-refractivity contribution in [2.24, 2.45) is 0 Å². The molecule has 2 aromatic heterocycles. The summed E-state index contributed by atoms with van der Waals surface area (Å²) in [6, 6.07) is 4.92. The molecule has 176 valence electrons. The fraction of sp³-hybridized carbons (Fsp3) is 0.250. The second kappa shape index (κ2) is 8.39. The van der Waals surface area contributed by atoms with Crippen LogP contribution in [0.15, 0.2) is 52.4 Å². The number of carbonyl (C=O) groups excluding carboxylic acids is 1. The van der Waals surface area contributed by atoms with E-state index in [4.69, 9.17) is 0 Å². The molecule has 0 atom stereocenters. The lowest BCUT2D eigenvalue weighted by atomic mass is 10.1. The molecule has 0 saturated heterocycles. The zero-order valence-electron chi connectivity index (χ0n) is 17.7. The third-order valence-electron chi connectivity index (χ3n) is 4.95. The number of benzene rings is 1. The number of aromatic hydroxyl groups is 1. The van der Waals surface area contributed by atoms with Crippen LogP contribution in [0.1, 0.15) is 21.6 Å². The number of rotatable bonds is 5. The molecule has 0 radical (unpaired) electrons. The molecule has 9 nitrogen and oxygen atoms in total. The SMILES string of the molecule is Cc1c(O)n(-c2ccc(S(=O)(=O)C(F)(F)F)cc2)c(=O)n1Cc1ccncc1C(=O)N(C)C. The minimum Gasteiger partial charge on any atom is -0.493 e. The Labute approximate surface area is 186 Å². The van der Waals surface area contributed by atoms with E-state index in [1.165, 1.54) is 28.8 Å². The largest absolute Gasteiger partial charge is 0.501 e. The van der Waals surface area contributed by atoms with Gasteiger partial charge in [0.1, 0.15) is 0 Å². The van der Waals surface area contributed by atoms with E-state index in [0.29, 0.717) is 17.7 Å². The molecule has 2 heterocycles. The smallest absolute Gasteiger partial charge is 0.493 e. The minimum atomic E-state index is -5.56. The highest BCUT2D eigenvalue weighted by molar-refractivity contribution is 7.92. The predicted molar refractivity (Wildman–Crippen MR) is 111 cm³/mol. The Kier molecular flexibility index (Phi) is 6.11. The lowest BCUT2D eigenvalue weighted by Crippen LogP contribution is -2.27. The summed E-state index contributed by atoms with van der Waals surface area (Å²) in [6.07, 6.45) is 2.80. The number of aromatic nitrogens is 3. The van der Waals surface area contributed by atoms with E-state index in [1.807, 2.05) is 0 Å². The molecular weight excluding hydrogens is 465 g/mol. The van der Waals surface area contributed by atoms with Gasteiger partial charge in [-0.2, -0.15) is 13.2 Å². The number of halogens is 3. The Morgan fingerprint density at radius 2 is 1.76 bits per heavy atom. The summed E-state index contributed by atoms with van der Waals surface area (Å²) in [4.78, 5) is 29.7. The summed E-state index contributed by atoms with van der Waals surface area (Å²) in [7, 11) is -2.44. The van der Waals surface area contributed by atoms with Crippen molar-refractivity contribution in [2.45, 2.75) is 23.9 Å². The highest BCUT2D eigenvalue weighted by Gasteiger charge is 2.46. The van der Waals surface area contributed by atoms with Crippen LogP contribution >= 0.6 is 0 Å². The zero-order chi connectivity index (χ0) is 24.7. The van der Waals surface area contributed by atoms with Gasteiger partial charge in [0.15, 0.2) is 0 Å². The molecule has 3 rings (SSSR count). The summed E-state index contributed by atoms with van der Waals surface area (Å²) in [5.74, 6) is -0.824. The van der Waals surface area contributed by atoms with Gasteiger partial charge in [0.2, 0.25) is 5.88 Å². The van der Waals surface area contributed by atoms with Crippen molar-refractivity contribution in [1.29, 1.82) is 0 Å². The molecule has 1 amide bonds. The molecule has 0 aliphatic carbocycles. The first-order valence-corrected chi connectivity index (χ1v) is 10.8. The molecule has 1 N–H and O–H groups in total. The zero-order valence-corrected chi connectivity index (χ0v) is 18.5. The second-order valence-electron chi connectivity index (χ2n) is 7.29. The topological polar surface area (TPSA) is 115 Å². The van der Waals surface area contributed by atoms with E-state index in [9.17, 15) is 36.3 Å². The summed E-state index contributed by atoms with van der Waals surface area (Å²) in [5.41, 5.74) is -5.41. The lowest BCUT2D eigenvalue weighted by Gasteiger charge is -2.14. The van der Waals surface area contributed by atoms with E-state index >= 15 is 0 Å². The summed E-state index contributed by atoms with van der Waals surface area (Å²) < 4.78 is 63.4. The van der Waals surface area contributed by atoms with Gasteiger partial charge in [-0.15, -0.1) is 0 Å². The van der Waals surface area contributed by atoms with Gasteiger partial charge in [-0.25, -0.2) is 17.8 Å². The van der Waals surface area contributed by atoms with Gasteiger partial charge in [0.05, 0.1) is 28.4 Å². The van der Waals surface area contributed by atoms with Crippen molar-refractivity contribution in [3.05, 3.63) is 70.0 Å². The van der Waals surface area contributed by atoms with Crippen molar-refractivity contribution in [1.82, 2.24) is 19.0 Å². The number of amides is 1. The maximum Gasteiger partial charge on any atom is 0.501 e. The molecule has 0 aliphatic heterocycles. The van der Waals surface area contributed by atoms with Gasteiger partial charge in [0, 0.05) is 26.5 Å². The van der Waals surface area contributed by atoms with Gasteiger partial charge in [0.25, 0.3) is 15.7 Å². The van der Waals surface area contributed by atoms with Crippen LogP contribution in [0.4, 0.5) is 13.2 Å². The third-order valence-corrected chi connectivity index (χ3v) is 6.45. The first-order chi connectivity index (χ1) is 15.3. The minimum absolute atomic E-state index is 0.0419. The van der Waals surface area contributed by atoms with Crippen LogP contribution in [0, 0.1) is 6.92 Å². The normalized spacial score (nSPS) is 12.1. The van der Waals surface area contributed by atoms with Crippen LogP contribution in [-0.2, 0) is 16.4 Å². The third kappa shape index (κ3) is 4.23. The van der Waals surface area contributed by atoms with Crippen LogP contribution in [0.25, 0.3) is 5.69 Å². The maximum absolute atomic E-state index is 13.0. The van der Waals surface area contributed by atoms with Gasteiger partial charge in [-0.1, -0.05) is 0 Å². The first-order valence-electron chi connectivity index (χ1n) is 9.34. The number of imidazole rings is 1. The Bertz CT molecular complexity index is 1370. The van der Waals surface area contributed by atoms with E-state index < -0.39 is 31.8 Å². The number of pyridine rings is 1. The van der Waals surface area contributed by atoms with Gasteiger partial charge < -0.3 is 10.0 Å². The van der Waals surface area contributed by atoms with Gasteiger partial charge >= 0.3 is 11.2 Å². The van der Waals surface area contributed by atoms with Crippen LogP contribution in [0.5, 0.6) is 5.88 Å². The summed E-state index contributed by atoms with van der Waals surface area (Å²) >= 11 is 0. The van der Waals surface area contributed by atoms with Crippen molar-refractivity contribution in [2.75, 3.05) is 14.1 Å². The van der Waals surface area contributed by atoms with Crippen molar-refractivity contribution >= 4 is 15.7 Å². The monoisotopic (exact) mass is 484 g/mol. The Morgan fingerprint density at radius 3 is 2.30 bits per heavy atom. The Balaban J connectivity index is 2.05. The van der Waals surface area contributed by atoms with E-state index in [1.54, 1.807) is 20.2 Å². The molecule has 0 aliphatic rings. The summed E-state index contributed by atoms with van der Waals surface area (Å²) in [5, 5.41) is 10.5. The van der Waals surface area contributed by atoms with E-state index in [2.05, 4.69) is 4.98 Å². The number of hydrogen-bond acceptors (Lipinski definition) is 6. The highest BCUT2D eigenvalue weighted by atomic mass is 32.2. The van der Waals surface area contributed by atoms with Crippen LogP contribution < -0.4 is 5.69 Å².